The summed E-state index contributed by atoms with van der Waals surface area (Å²) in [7, 11) is -4.00. The molecule has 2 rings (SSSR count). The molecule has 118 valence electrons. The lowest BCUT2D eigenvalue weighted by Gasteiger charge is -2.20. The lowest BCUT2D eigenvalue weighted by atomic mass is 10.0. The number of sulfonamides is 1. The van der Waals surface area contributed by atoms with Crippen LogP contribution in [-0.2, 0) is 21.4 Å². The molecule has 21 heavy (non-hydrogen) atoms. The average molecular weight is 382 g/mol. The first kappa shape index (κ1) is 16.8. The average Bonchev–Trinajstić information content (AvgIpc) is 2.94. The van der Waals surface area contributed by atoms with Gasteiger partial charge in [-0.3, -0.25) is 0 Å². The number of nitrogens with one attached hydrogen (secondary N) is 1. The van der Waals surface area contributed by atoms with Crippen LogP contribution in [0.5, 0.6) is 0 Å². The van der Waals surface area contributed by atoms with Crippen molar-refractivity contribution < 1.29 is 22.7 Å². The highest BCUT2D eigenvalue weighted by Gasteiger charge is 2.29. The van der Waals surface area contributed by atoms with Crippen LogP contribution in [0.2, 0.25) is 0 Å². The Balaban J connectivity index is 2.28. The Morgan fingerprint density at radius 3 is 2.86 bits per heavy atom. The second-order valence-electron chi connectivity index (χ2n) is 5.07. The van der Waals surface area contributed by atoms with Crippen LogP contribution in [0.4, 0.5) is 4.39 Å². The van der Waals surface area contributed by atoms with E-state index in [-0.39, 0.29) is 17.5 Å². The molecule has 0 spiro atoms. The minimum absolute atomic E-state index is 0.0680. The van der Waals surface area contributed by atoms with Crippen molar-refractivity contribution in [2.45, 2.75) is 30.9 Å². The third-order valence-corrected chi connectivity index (χ3v) is 5.57. The normalized spacial score (nSPS) is 20.7. The Bertz CT molecular complexity index is 617. The molecule has 0 bridgehead atoms. The molecule has 0 aromatic heterocycles. The van der Waals surface area contributed by atoms with Crippen LogP contribution in [0, 0.1) is 11.7 Å². The molecule has 0 aliphatic carbocycles. The molecule has 1 aliphatic heterocycles. The third kappa shape index (κ3) is 3.81. The fraction of sp³-hybridized carbons (Fsp3) is 0.538. The van der Waals surface area contributed by atoms with Crippen molar-refractivity contribution >= 4 is 26.0 Å². The number of aliphatic hydroxyl groups excluding tert-OH is 1. The highest BCUT2D eigenvalue weighted by atomic mass is 79.9. The molecule has 1 aliphatic rings. The van der Waals surface area contributed by atoms with E-state index in [1.165, 1.54) is 12.1 Å². The van der Waals surface area contributed by atoms with Gasteiger partial charge in [0.05, 0.1) is 13.2 Å². The van der Waals surface area contributed by atoms with Crippen molar-refractivity contribution in [1.29, 1.82) is 0 Å². The lowest BCUT2D eigenvalue weighted by molar-refractivity contribution is 0.180. The van der Waals surface area contributed by atoms with E-state index < -0.39 is 27.3 Å². The van der Waals surface area contributed by atoms with E-state index in [0.717, 1.165) is 6.42 Å². The van der Waals surface area contributed by atoms with Crippen LogP contribution in [0.25, 0.3) is 0 Å². The zero-order valence-corrected chi connectivity index (χ0v) is 13.9. The molecule has 2 atom stereocenters. The topological polar surface area (TPSA) is 75.6 Å². The number of ether oxygens (including phenoxy) is 1. The number of benzene rings is 1. The maximum atomic E-state index is 14.2. The van der Waals surface area contributed by atoms with Gasteiger partial charge < -0.3 is 9.84 Å². The lowest BCUT2D eigenvalue weighted by Crippen LogP contribution is -2.38. The first-order chi connectivity index (χ1) is 9.85. The van der Waals surface area contributed by atoms with E-state index >= 15 is 0 Å². The first-order valence-corrected chi connectivity index (χ1v) is 8.81. The van der Waals surface area contributed by atoms with Crippen molar-refractivity contribution in [3.05, 3.63) is 28.0 Å². The maximum absolute atomic E-state index is 14.2. The van der Waals surface area contributed by atoms with Crippen molar-refractivity contribution in [3.63, 3.8) is 0 Å². The van der Waals surface area contributed by atoms with Crippen molar-refractivity contribution in [2.24, 2.45) is 5.92 Å². The Morgan fingerprint density at radius 2 is 2.29 bits per heavy atom. The van der Waals surface area contributed by atoms with Gasteiger partial charge in [-0.25, -0.2) is 17.5 Å². The predicted molar refractivity (Wildman–Crippen MR) is 78.7 cm³/mol. The summed E-state index contributed by atoms with van der Waals surface area (Å²) in [4.78, 5) is -0.466. The third-order valence-electron chi connectivity index (χ3n) is 3.55. The van der Waals surface area contributed by atoms with Crippen LogP contribution in [-0.4, -0.2) is 32.8 Å². The van der Waals surface area contributed by atoms with Gasteiger partial charge in [0, 0.05) is 28.6 Å². The minimum Gasteiger partial charge on any atom is -0.392 e. The number of halogens is 2. The summed E-state index contributed by atoms with van der Waals surface area (Å²) < 4.78 is 46.9. The second-order valence-corrected chi connectivity index (χ2v) is 7.67. The molecule has 0 saturated carbocycles. The van der Waals surface area contributed by atoms with Gasteiger partial charge in [0.1, 0.15) is 10.7 Å². The maximum Gasteiger partial charge on any atom is 0.243 e. The molecule has 0 radical (unpaired) electrons. The van der Waals surface area contributed by atoms with Crippen molar-refractivity contribution in [1.82, 2.24) is 4.72 Å². The van der Waals surface area contributed by atoms with Crippen molar-refractivity contribution in [3.8, 4) is 0 Å². The molecule has 2 unspecified atom stereocenters. The van der Waals surface area contributed by atoms with Gasteiger partial charge in [-0.15, -0.1) is 0 Å². The molecule has 5 nitrogen and oxygen atoms in total. The Hall–Kier alpha value is -0.540. The van der Waals surface area contributed by atoms with Crippen molar-refractivity contribution in [2.75, 3.05) is 13.2 Å². The van der Waals surface area contributed by atoms with Gasteiger partial charge in [0.15, 0.2) is 0 Å². The highest BCUT2D eigenvalue weighted by Crippen LogP contribution is 2.25. The van der Waals surface area contributed by atoms with Gasteiger partial charge in [-0.2, -0.15) is 0 Å². The monoisotopic (exact) mass is 381 g/mol. The number of hydrogen-bond donors (Lipinski definition) is 2. The molecule has 2 N–H and O–H groups in total. The molecule has 1 heterocycles. The smallest absolute Gasteiger partial charge is 0.243 e. The Kier molecular flexibility index (Phi) is 5.37. The number of rotatable bonds is 5. The van der Waals surface area contributed by atoms with E-state index in [2.05, 4.69) is 20.7 Å². The van der Waals surface area contributed by atoms with Crippen LogP contribution in [0.3, 0.4) is 0 Å². The van der Waals surface area contributed by atoms with Crippen LogP contribution in [0.15, 0.2) is 21.5 Å². The van der Waals surface area contributed by atoms with Crippen LogP contribution in [0.1, 0.15) is 18.9 Å². The molecule has 1 saturated heterocycles. The molecule has 8 heteroatoms. The van der Waals surface area contributed by atoms with Gasteiger partial charge >= 0.3 is 0 Å². The Morgan fingerprint density at radius 1 is 1.57 bits per heavy atom. The summed E-state index contributed by atoms with van der Waals surface area (Å²) in [5.74, 6) is -0.852. The highest BCUT2D eigenvalue weighted by molar-refractivity contribution is 9.10. The van der Waals surface area contributed by atoms with E-state index in [1.807, 2.05) is 0 Å². The van der Waals surface area contributed by atoms with Gasteiger partial charge in [0.25, 0.3) is 0 Å². The summed E-state index contributed by atoms with van der Waals surface area (Å²) in [6.07, 6.45) is 0.770. The van der Waals surface area contributed by atoms with Crippen LogP contribution >= 0.6 is 15.9 Å². The van der Waals surface area contributed by atoms with Gasteiger partial charge in [0.2, 0.25) is 10.0 Å². The fourth-order valence-corrected chi connectivity index (χ4v) is 4.40. The summed E-state index contributed by atoms with van der Waals surface area (Å²) >= 11 is 3.12. The van der Waals surface area contributed by atoms with Gasteiger partial charge in [-0.05, 0) is 25.5 Å². The van der Waals surface area contributed by atoms with E-state index in [0.29, 0.717) is 17.7 Å². The summed E-state index contributed by atoms with van der Waals surface area (Å²) in [5, 5.41) is 9.09. The second kappa shape index (κ2) is 6.70. The molecule has 1 aromatic carbocycles. The molecular weight excluding hydrogens is 365 g/mol. The molecule has 0 amide bonds. The first-order valence-electron chi connectivity index (χ1n) is 6.54. The fourth-order valence-electron chi connectivity index (χ4n) is 2.28. The zero-order chi connectivity index (χ0) is 15.6. The van der Waals surface area contributed by atoms with Gasteiger partial charge in [-0.1, -0.05) is 15.9 Å². The summed E-state index contributed by atoms with van der Waals surface area (Å²) in [6.45, 7) is 2.27. The molecule has 1 fully saturated rings. The number of hydrogen-bond acceptors (Lipinski definition) is 4. The standard InChI is InChI=1S/C13H17BrFNO4S/c1-8(9-2-3-20-7-9)16-21(18,19)12-5-11(14)4-10(6-17)13(12)15/h4-5,8-9,16-17H,2-3,6-7H2,1H3. The number of aliphatic hydroxyl groups is 1. The largest absolute Gasteiger partial charge is 0.392 e. The van der Waals surface area contributed by atoms with E-state index in [9.17, 15) is 12.8 Å². The quantitative estimate of drug-likeness (QED) is 0.814. The predicted octanol–water partition coefficient (Wildman–Crippen LogP) is 1.78. The Labute approximate surface area is 131 Å². The molecule has 1 aromatic rings. The summed E-state index contributed by atoms with van der Waals surface area (Å²) in [5.41, 5.74) is -0.0680. The zero-order valence-electron chi connectivity index (χ0n) is 11.5. The van der Waals surface area contributed by atoms with Crippen LogP contribution < -0.4 is 4.72 Å². The minimum atomic E-state index is -4.00. The van der Waals surface area contributed by atoms with E-state index in [4.69, 9.17) is 9.84 Å². The molecular formula is C13H17BrFNO4S. The SMILES string of the molecule is CC(NS(=O)(=O)c1cc(Br)cc(CO)c1F)C1CCOC1. The van der Waals surface area contributed by atoms with E-state index in [1.54, 1.807) is 6.92 Å². The summed E-state index contributed by atoms with van der Waals surface area (Å²) in [6, 6.07) is 2.19.